The van der Waals surface area contributed by atoms with Crippen molar-refractivity contribution in [2.45, 2.75) is 38.6 Å². The summed E-state index contributed by atoms with van der Waals surface area (Å²) in [5.74, 6) is 0.636. The second-order valence-corrected chi connectivity index (χ2v) is 5.48. The van der Waals surface area contributed by atoms with Gasteiger partial charge in [0.2, 0.25) is 0 Å². The van der Waals surface area contributed by atoms with Crippen LogP contribution in [0.2, 0.25) is 0 Å². The van der Waals surface area contributed by atoms with Crippen molar-refractivity contribution in [3.63, 3.8) is 0 Å². The largest absolute Gasteiger partial charge is 0.484 e. The van der Waals surface area contributed by atoms with E-state index in [-0.39, 0.29) is 24.2 Å². The van der Waals surface area contributed by atoms with Crippen molar-refractivity contribution >= 4 is 11.6 Å². The average Bonchev–Trinajstić information content (AvgIpc) is 2.48. The van der Waals surface area contributed by atoms with Gasteiger partial charge < -0.3 is 10.1 Å². The van der Waals surface area contributed by atoms with Crippen LogP contribution >= 0.6 is 0 Å². The van der Waals surface area contributed by atoms with Gasteiger partial charge >= 0.3 is 0 Å². The fourth-order valence-electron chi connectivity index (χ4n) is 2.61. The molecule has 1 N–H and O–H groups in total. The molecule has 1 aliphatic carbocycles. The van der Waals surface area contributed by atoms with Crippen LogP contribution < -0.4 is 10.1 Å². The Hall–Kier alpha value is -2.11. The Morgan fingerprint density at radius 2 is 2.19 bits per heavy atom. The molecule has 1 fully saturated rings. The standard InChI is InChI=1S/C15H20N2O4/c1-11-5-2-3-8-14(11)16-15(18)10-21-13-7-4-6-12(9-13)17(19)20/h4,6-7,9,11,14H,2-3,5,8,10H2,1H3,(H,16,18)/t11-,14+/m0/s1. The van der Waals surface area contributed by atoms with E-state index in [0.717, 1.165) is 19.3 Å². The summed E-state index contributed by atoms with van der Waals surface area (Å²) in [7, 11) is 0. The van der Waals surface area contributed by atoms with Crippen LogP contribution in [0.4, 0.5) is 5.69 Å². The summed E-state index contributed by atoms with van der Waals surface area (Å²) in [6.07, 6.45) is 4.50. The molecule has 0 saturated heterocycles. The van der Waals surface area contributed by atoms with E-state index in [1.165, 1.54) is 24.6 Å². The first-order chi connectivity index (χ1) is 10.1. The summed E-state index contributed by atoms with van der Waals surface area (Å²) in [5, 5.41) is 13.6. The van der Waals surface area contributed by atoms with E-state index in [2.05, 4.69) is 12.2 Å². The number of benzene rings is 1. The molecule has 6 nitrogen and oxygen atoms in total. The summed E-state index contributed by atoms with van der Waals surface area (Å²) in [5.41, 5.74) is -0.0474. The monoisotopic (exact) mass is 292 g/mol. The van der Waals surface area contributed by atoms with Gasteiger partial charge in [0.05, 0.1) is 11.0 Å². The number of amides is 1. The van der Waals surface area contributed by atoms with Gasteiger partial charge in [-0.1, -0.05) is 25.8 Å². The molecule has 0 unspecified atom stereocenters. The van der Waals surface area contributed by atoms with Crippen molar-refractivity contribution in [3.8, 4) is 5.75 Å². The number of carbonyl (C=O) groups is 1. The number of nitro groups is 1. The van der Waals surface area contributed by atoms with E-state index < -0.39 is 4.92 Å². The van der Waals surface area contributed by atoms with Gasteiger partial charge in [0.15, 0.2) is 6.61 Å². The van der Waals surface area contributed by atoms with E-state index in [0.29, 0.717) is 11.7 Å². The molecule has 2 rings (SSSR count). The first-order valence-corrected chi connectivity index (χ1v) is 7.23. The molecule has 1 saturated carbocycles. The van der Waals surface area contributed by atoms with Crippen LogP contribution in [0, 0.1) is 16.0 Å². The van der Waals surface area contributed by atoms with E-state index in [1.807, 2.05) is 0 Å². The Labute approximate surface area is 123 Å². The van der Waals surface area contributed by atoms with E-state index in [1.54, 1.807) is 6.07 Å². The molecule has 0 spiro atoms. The van der Waals surface area contributed by atoms with Gasteiger partial charge in [0, 0.05) is 12.1 Å². The van der Waals surface area contributed by atoms with Gasteiger partial charge in [0.1, 0.15) is 5.75 Å². The molecule has 0 radical (unpaired) electrons. The lowest BCUT2D eigenvalue weighted by Crippen LogP contribution is -2.43. The topological polar surface area (TPSA) is 81.5 Å². The summed E-state index contributed by atoms with van der Waals surface area (Å²) in [6, 6.07) is 6.05. The molecule has 2 atom stereocenters. The maximum Gasteiger partial charge on any atom is 0.273 e. The zero-order chi connectivity index (χ0) is 15.2. The number of nitrogens with zero attached hydrogens (tertiary/aromatic N) is 1. The number of hydrogen-bond donors (Lipinski definition) is 1. The fourth-order valence-corrected chi connectivity index (χ4v) is 2.61. The third-order valence-corrected chi connectivity index (χ3v) is 3.86. The van der Waals surface area contributed by atoms with Crippen LogP contribution in [0.15, 0.2) is 24.3 Å². The normalized spacial score (nSPS) is 21.6. The Bertz CT molecular complexity index is 518. The molecule has 114 valence electrons. The second kappa shape index (κ2) is 7.06. The summed E-state index contributed by atoms with van der Waals surface area (Å²) in [6.45, 7) is 2.02. The lowest BCUT2D eigenvalue weighted by atomic mass is 9.86. The molecular formula is C15H20N2O4. The Morgan fingerprint density at radius 3 is 2.90 bits per heavy atom. The zero-order valence-electron chi connectivity index (χ0n) is 12.1. The lowest BCUT2D eigenvalue weighted by Gasteiger charge is -2.29. The molecule has 6 heteroatoms. The summed E-state index contributed by atoms with van der Waals surface area (Å²) < 4.78 is 5.32. The van der Waals surface area contributed by atoms with E-state index in [4.69, 9.17) is 4.74 Å². The zero-order valence-corrected chi connectivity index (χ0v) is 12.1. The van der Waals surface area contributed by atoms with Gasteiger partial charge in [-0.05, 0) is 24.8 Å². The van der Waals surface area contributed by atoms with Crippen molar-refractivity contribution in [3.05, 3.63) is 34.4 Å². The molecular weight excluding hydrogens is 272 g/mol. The molecule has 1 amide bonds. The maximum atomic E-state index is 11.9. The second-order valence-electron chi connectivity index (χ2n) is 5.48. The molecule has 0 aromatic heterocycles. The van der Waals surface area contributed by atoms with Gasteiger partial charge in [-0.3, -0.25) is 14.9 Å². The van der Waals surface area contributed by atoms with Crippen molar-refractivity contribution in [2.24, 2.45) is 5.92 Å². The average molecular weight is 292 g/mol. The minimum Gasteiger partial charge on any atom is -0.484 e. The van der Waals surface area contributed by atoms with Crippen LogP contribution in [0.5, 0.6) is 5.75 Å². The summed E-state index contributed by atoms with van der Waals surface area (Å²) in [4.78, 5) is 22.1. The number of hydrogen-bond acceptors (Lipinski definition) is 4. The minimum absolute atomic E-state index is 0.0474. The predicted molar refractivity (Wildman–Crippen MR) is 78.2 cm³/mol. The number of ether oxygens (including phenoxy) is 1. The molecule has 21 heavy (non-hydrogen) atoms. The highest BCUT2D eigenvalue weighted by Gasteiger charge is 2.22. The van der Waals surface area contributed by atoms with Crippen LogP contribution in [0.25, 0.3) is 0 Å². The number of non-ortho nitro benzene ring substituents is 1. The van der Waals surface area contributed by atoms with Crippen LogP contribution in [0.1, 0.15) is 32.6 Å². The smallest absolute Gasteiger partial charge is 0.273 e. The highest BCUT2D eigenvalue weighted by Crippen LogP contribution is 2.23. The quantitative estimate of drug-likeness (QED) is 0.668. The molecule has 1 aliphatic rings. The van der Waals surface area contributed by atoms with Crippen molar-refractivity contribution in [1.82, 2.24) is 5.32 Å². The van der Waals surface area contributed by atoms with Crippen LogP contribution in [-0.2, 0) is 4.79 Å². The Morgan fingerprint density at radius 1 is 1.43 bits per heavy atom. The molecule has 0 aliphatic heterocycles. The minimum atomic E-state index is -0.489. The molecule has 1 aromatic carbocycles. The lowest BCUT2D eigenvalue weighted by molar-refractivity contribution is -0.384. The predicted octanol–water partition coefficient (Wildman–Crippen LogP) is 2.67. The number of nitro benzene ring substituents is 1. The molecule has 0 bridgehead atoms. The Balaban J connectivity index is 1.83. The van der Waals surface area contributed by atoms with Crippen LogP contribution in [-0.4, -0.2) is 23.5 Å². The highest BCUT2D eigenvalue weighted by molar-refractivity contribution is 5.77. The third kappa shape index (κ3) is 4.44. The van der Waals surface area contributed by atoms with Gasteiger partial charge in [-0.2, -0.15) is 0 Å². The van der Waals surface area contributed by atoms with Crippen molar-refractivity contribution < 1.29 is 14.5 Å². The van der Waals surface area contributed by atoms with Crippen molar-refractivity contribution in [1.29, 1.82) is 0 Å². The van der Waals surface area contributed by atoms with Gasteiger partial charge in [0.25, 0.3) is 11.6 Å². The van der Waals surface area contributed by atoms with Gasteiger partial charge in [-0.25, -0.2) is 0 Å². The SMILES string of the molecule is C[C@H]1CCCC[C@H]1NC(=O)COc1cccc([N+](=O)[O-])c1. The maximum absolute atomic E-state index is 11.9. The van der Waals surface area contributed by atoms with E-state index >= 15 is 0 Å². The highest BCUT2D eigenvalue weighted by atomic mass is 16.6. The molecule has 0 heterocycles. The van der Waals surface area contributed by atoms with Crippen LogP contribution in [0.3, 0.4) is 0 Å². The first-order valence-electron chi connectivity index (χ1n) is 7.23. The third-order valence-electron chi connectivity index (χ3n) is 3.86. The Kier molecular flexibility index (Phi) is 5.14. The number of rotatable bonds is 5. The van der Waals surface area contributed by atoms with E-state index in [9.17, 15) is 14.9 Å². The fraction of sp³-hybridized carbons (Fsp3) is 0.533. The number of carbonyl (C=O) groups excluding carboxylic acids is 1. The summed E-state index contributed by atoms with van der Waals surface area (Å²) >= 11 is 0. The molecule has 1 aromatic rings. The number of nitrogens with one attached hydrogen (secondary N) is 1. The first kappa shape index (κ1) is 15.3. The van der Waals surface area contributed by atoms with Crippen molar-refractivity contribution in [2.75, 3.05) is 6.61 Å². The van der Waals surface area contributed by atoms with Gasteiger partial charge in [-0.15, -0.1) is 0 Å².